The van der Waals surface area contributed by atoms with E-state index in [1.165, 1.54) is 39.1 Å². The topological polar surface area (TPSA) is 57.6 Å². The molecule has 7 heteroatoms. The number of aliphatic hydroxyl groups is 1. The number of hydrogen-bond donors (Lipinski definition) is 1. The lowest BCUT2D eigenvalue weighted by Gasteiger charge is -2.25. The maximum absolute atomic E-state index is 12.2. The van der Waals surface area contributed by atoms with Crippen LogP contribution in [0, 0.1) is 0 Å². The highest BCUT2D eigenvalue weighted by atomic mass is 35.5. The molecular formula is C11H15Cl2NO3S. The molecule has 0 aliphatic heterocycles. The lowest BCUT2D eigenvalue weighted by molar-refractivity contribution is 0.0640. The van der Waals surface area contributed by atoms with Crippen LogP contribution in [0.15, 0.2) is 23.1 Å². The normalized spacial score (nSPS) is 13.1. The van der Waals surface area contributed by atoms with Crippen LogP contribution >= 0.6 is 23.2 Å². The van der Waals surface area contributed by atoms with E-state index in [0.717, 1.165) is 4.31 Å². The lowest BCUT2D eigenvalue weighted by Crippen LogP contribution is -2.39. The third kappa shape index (κ3) is 3.83. The summed E-state index contributed by atoms with van der Waals surface area (Å²) in [7, 11) is -2.28. The fraction of sp³-hybridized carbons (Fsp3) is 0.455. The number of halogens is 2. The summed E-state index contributed by atoms with van der Waals surface area (Å²) in [5.74, 6) is 0. The Balaban J connectivity index is 3.10. The SMILES string of the molecule is CN(CC(C)(C)O)S(=O)(=O)c1ccc(Cl)c(Cl)c1. The number of nitrogens with zero attached hydrogens (tertiary/aromatic N) is 1. The first-order valence-corrected chi connectivity index (χ1v) is 7.37. The van der Waals surface area contributed by atoms with Crippen molar-refractivity contribution in [1.82, 2.24) is 4.31 Å². The molecule has 18 heavy (non-hydrogen) atoms. The zero-order valence-corrected chi connectivity index (χ0v) is 12.6. The molecule has 0 fully saturated rings. The second-order valence-corrected chi connectivity index (χ2v) is 7.51. The Labute approximate surface area is 117 Å². The number of benzene rings is 1. The van der Waals surface area contributed by atoms with Crippen molar-refractivity contribution in [3.63, 3.8) is 0 Å². The molecule has 0 bridgehead atoms. The van der Waals surface area contributed by atoms with Gasteiger partial charge in [0, 0.05) is 13.6 Å². The third-order valence-electron chi connectivity index (χ3n) is 2.21. The van der Waals surface area contributed by atoms with Crippen molar-refractivity contribution in [2.75, 3.05) is 13.6 Å². The molecule has 1 rings (SSSR count). The Hall–Kier alpha value is -0.330. The van der Waals surface area contributed by atoms with Crippen molar-refractivity contribution >= 4 is 33.2 Å². The van der Waals surface area contributed by atoms with Crippen LogP contribution in [-0.4, -0.2) is 37.0 Å². The molecule has 0 saturated carbocycles. The van der Waals surface area contributed by atoms with E-state index in [2.05, 4.69) is 0 Å². The van der Waals surface area contributed by atoms with Gasteiger partial charge in [-0.15, -0.1) is 0 Å². The van der Waals surface area contributed by atoms with Crippen molar-refractivity contribution in [3.8, 4) is 0 Å². The van der Waals surface area contributed by atoms with E-state index in [1.807, 2.05) is 0 Å². The largest absolute Gasteiger partial charge is 0.389 e. The van der Waals surface area contributed by atoms with Gasteiger partial charge in [-0.2, -0.15) is 4.31 Å². The Kier molecular flexibility index (Phi) is 4.67. The van der Waals surface area contributed by atoms with Crippen LogP contribution in [-0.2, 0) is 10.0 Å². The van der Waals surface area contributed by atoms with Gasteiger partial charge in [0.1, 0.15) is 0 Å². The zero-order valence-electron chi connectivity index (χ0n) is 10.3. The summed E-state index contributed by atoms with van der Waals surface area (Å²) in [5, 5.41) is 10.1. The molecule has 0 aromatic heterocycles. The predicted octanol–water partition coefficient (Wildman–Crippen LogP) is 2.38. The summed E-state index contributed by atoms with van der Waals surface area (Å²) in [6, 6.07) is 4.10. The maximum atomic E-state index is 12.2. The minimum Gasteiger partial charge on any atom is -0.389 e. The van der Waals surface area contributed by atoms with Gasteiger partial charge in [-0.25, -0.2) is 8.42 Å². The monoisotopic (exact) mass is 311 g/mol. The van der Waals surface area contributed by atoms with Crippen LogP contribution in [0.1, 0.15) is 13.8 Å². The number of rotatable bonds is 4. The van der Waals surface area contributed by atoms with E-state index in [4.69, 9.17) is 23.2 Å². The van der Waals surface area contributed by atoms with E-state index in [0.29, 0.717) is 5.02 Å². The molecule has 1 aromatic carbocycles. The second kappa shape index (κ2) is 5.35. The van der Waals surface area contributed by atoms with Crippen molar-refractivity contribution in [2.45, 2.75) is 24.3 Å². The molecule has 0 radical (unpaired) electrons. The zero-order chi connectivity index (χ0) is 14.1. The minimum atomic E-state index is -3.68. The molecule has 1 aromatic rings. The van der Waals surface area contributed by atoms with Gasteiger partial charge in [0.25, 0.3) is 0 Å². The van der Waals surface area contributed by atoms with Crippen molar-refractivity contribution in [2.24, 2.45) is 0 Å². The fourth-order valence-corrected chi connectivity index (χ4v) is 3.16. The van der Waals surface area contributed by atoms with E-state index in [1.54, 1.807) is 0 Å². The van der Waals surface area contributed by atoms with Gasteiger partial charge < -0.3 is 5.11 Å². The van der Waals surface area contributed by atoms with E-state index in [9.17, 15) is 13.5 Å². The van der Waals surface area contributed by atoms with Gasteiger partial charge in [-0.3, -0.25) is 0 Å². The summed E-state index contributed by atoms with van der Waals surface area (Å²) < 4.78 is 25.4. The molecule has 4 nitrogen and oxygen atoms in total. The quantitative estimate of drug-likeness (QED) is 0.929. The lowest BCUT2D eigenvalue weighted by atomic mass is 10.1. The number of sulfonamides is 1. The van der Waals surface area contributed by atoms with Gasteiger partial charge in [0.15, 0.2) is 0 Å². The molecule has 0 aliphatic carbocycles. The molecule has 0 amide bonds. The average Bonchev–Trinajstić information content (AvgIpc) is 2.19. The summed E-state index contributed by atoms with van der Waals surface area (Å²) in [6.07, 6.45) is 0. The highest BCUT2D eigenvalue weighted by molar-refractivity contribution is 7.89. The highest BCUT2D eigenvalue weighted by Gasteiger charge is 2.26. The van der Waals surface area contributed by atoms with Gasteiger partial charge in [-0.05, 0) is 32.0 Å². The Morgan fingerprint density at radius 2 is 1.83 bits per heavy atom. The van der Waals surface area contributed by atoms with Crippen LogP contribution in [0.4, 0.5) is 0 Å². The number of likely N-dealkylation sites (N-methyl/N-ethyl adjacent to an activating group) is 1. The third-order valence-corrected chi connectivity index (χ3v) is 4.75. The molecule has 0 heterocycles. The smallest absolute Gasteiger partial charge is 0.242 e. The first kappa shape index (κ1) is 15.7. The molecule has 0 spiro atoms. The highest BCUT2D eigenvalue weighted by Crippen LogP contribution is 2.26. The summed E-state index contributed by atoms with van der Waals surface area (Å²) in [6.45, 7) is 3.05. The summed E-state index contributed by atoms with van der Waals surface area (Å²) in [5.41, 5.74) is -1.11. The molecule has 1 N–H and O–H groups in total. The van der Waals surface area contributed by atoms with E-state index in [-0.39, 0.29) is 16.5 Å². The van der Waals surface area contributed by atoms with Crippen molar-refractivity contribution in [3.05, 3.63) is 28.2 Å². The first-order valence-electron chi connectivity index (χ1n) is 5.18. The molecule has 102 valence electrons. The van der Waals surface area contributed by atoms with Gasteiger partial charge in [0.2, 0.25) is 10.0 Å². The predicted molar refractivity (Wildman–Crippen MR) is 72.6 cm³/mol. The molecule has 0 aliphatic rings. The summed E-state index contributed by atoms with van der Waals surface area (Å²) in [4.78, 5) is 0.0450. The molecule has 0 atom stereocenters. The Morgan fingerprint density at radius 3 is 2.28 bits per heavy atom. The summed E-state index contributed by atoms with van der Waals surface area (Å²) >= 11 is 11.5. The Bertz CT molecular complexity index is 538. The molecular weight excluding hydrogens is 297 g/mol. The second-order valence-electron chi connectivity index (χ2n) is 4.65. The van der Waals surface area contributed by atoms with Gasteiger partial charge >= 0.3 is 0 Å². The Morgan fingerprint density at radius 1 is 1.28 bits per heavy atom. The fourth-order valence-electron chi connectivity index (χ4n) is 1.45. The first-order chi connectivity index (χ1) is 8.04. The van der Waals surface area contributed by atoms with Crippen molar-refractivity contribution < 1.29 is 13.5 Å². The molecule has 0 saturated heterocycles. The van der Waals surface area contributed by atoms with E-state index >= 15 is 0 Å². The van der Waals surface area contributed by atoms with Crippen LogP contribution in [0.2, 0.25) is 10.0 Å². The minimum absolute atomic E-state index is 0.0183. The molecule has 0 unspecified atom stereocenters. The van der Waals surface area contributed by atoms with Crippen LogP contribution < -0.4 is 0 Å². The van der Waals surface area contributed by atoms with Crippen molar-refractivity contribution in [1.29, 1.82) is 0 Å². The van der Waals surface area contributed by atoms with Crippen LogP contribution in [0.5, 0.6) is 0 Å². The van der Waals surface area contributed by atoms with Gasteiger partial charge in [0.05, 0.1) is 20.5 Å². The average molecular weight is 312 g/mol. The maximum Gasteiger partial charge on any atom is 0.242 e. The standard InChI is InChI=1S/C11H15Cl2NO3S/c1-11(2,15)7-14(3)18(16,17)8-4-5-9(12)10(13)6-8/h4-6,15H,7H2,1-3H3. The number of hydrogen-bond acceptors (Lipinski definition) is 3. The van der Waals surface area contributed by atoms with Crippen LogP contribution in [0.25, 0.3) is 0 Å². The van der Waals surface area contributed by atoms with E-state index < -0.39 is 15.6 Å². The van der Waals surface area contributed by atoms with Gasteiger partial charge in [-0.1, -0.05) is 23.2 Å². The van der Waals surface area contributed by atoms with Crippen LogP contribution in [0.3, 0.4) is 0 Å².